The molecule has 0 saturated heterocycles. The maximum atomic E-state index is 11.7. The quantitative estimate of drug-likeness (QED) is 0.672. The van der Waals surface area contributed by atoms with Crippen LogP contribution < -0.4 is 5.43 Å². The maximum Gasteiger partial charge on any atom is 0.289 e. The smallest absolute Gasteiger partial charge is 0.266 e. The number of carbonyl (C=O) groups is 1. The summed E-state index contributed by atoms with van der Waals surface area (Å²) in [6, 6.07) is 15.1. The first kappa shape index (κ1) is 13.0. The van der Waals surface area contributed by atoms with Gasteiger partial charge in [0, 0.05) is 18.3 Å². The number of aromatic nitrogens is 1. The highest BCUT2D eigenvalue weighted by Gasteiger charge is 2.04. The fourth-order valence-electron chi connectivity index (χ4n) is 1.60. The summed E-state index contributed by atoms with van der Waals surface area (Å²) in [5.41, 5.74) is 3.97. The molecule has 2 rings (SSSR count). The number of nitrogens with one attached hydrogen (secondary N) is 1. The maximum absolute atomic E-state index is 11.7. The number of nitrogens with zero attached hydrogens (tertiary/aromatic N) is 2. The SMILES string of the molecule is CC(/C=N\NC(=O)c1ccccn1)c1ccccc1. The van der Waals surface area contributed by atoms with Crippen molar-refractivity contribution in [3.8, 4) is 0 Å². The van der Waals surface area contributed by atoms with Crippen molar-refractivity contribution in [3.05, 3.63) is 66.0 Å². The van der Waals surface area contributed by atoms with Crippen LogP contribution in [0.4, 0.5) is 0 Å². The molecule has 0 aliphatic heterocycles. The molecule has 1 N–H and O–H groups in total. The molecule has 4 heteroatoms. The van der Waals surface area contributed by atoms with E-state index in [-0.39, 0.29) is 11.8 Å². The molecule has 2 aromatic rings. The molecule has 0 bridgehead atoms. The summed E-state index contributed by atoms with van der Waals surface area (Å²) in [6.45, 7) is 2.02. The van der Waals surface area contributed by atoms with Gasteiger partial charge in [-0.3, -0.25) is 9.78 Å². The van der Waals surface area contributed by atoms with Crippen LogP contribution in [0.1, 0.15) is 28.9 Å². The van der Waals surface area contributed by atoms with E-state index >= 15 is 0 Å². The van der Waals surface area contributed by atoms with Gasteiger partial charge in [0.2, 0.25) is 0 Å². The predicted octanol–water partition coefficient (Wildman–Crippen LogP) is 2.60. The van der Waals surface area contributed by atoms with Crippen molar-refractivity contribution in [2.45, 2.75) is 12.8 Å². The van der Waals surface area contributed by atoms with Crippen LogP contribution >= 0.6 is 0 Å². The van der Waals surface area contributed by atoms with Crippen LogP contribution in [0.2, 0.25) is 0 Å². The first-order chi connectivity index (χ1) is 9.27. The molecule has 0 spiro atoms. The Labute approximate surface area is 112 Å². The number of hydrogen-bond acceptors (Lipinski definition) is 3. The first-order valence-electron chi connectivity index (χ1n) is 6.07. The number of carbonyl (C=O) groups excluding carboxylic acids is 1. The summed E-state index contributed by atoms with van der Waals surface area (Å²) in [6.07, 6.45) is 3.28. The molecule has 1 atom stereocenters. The fraction of sp³-hybridized carbons (Fsp3) is 0.133. The summed E-state index contributed by atoms with van der Waals surface area (Å²) in [5, 5.41) is 3.96. The van der Waals surface area contributed by atoms with Crippen LogP contribution in [-0.2, 0) is 0 Å². The molecule has 0 radical (unpaired) electrons. The van der Waals surface area contributed by atoms with Crippen molar-refractivity contribution in [2.24, 2.45) is 5.10 Å². The fourth-order valence-corrected chi connectivity index (χ4v) is 1.60. The Hall–Kier alpha value is -2.49. The summed E-state index contributed by atoms with van der Waals surface area (Å²) in [5.74, 6) is -0.164. The molecule has 4 nitrogen and oxygen atoms in total. The van der Waals surface area contributed by atoms with E-state index in [9.17, 15) is 4.79 Å². The minimum atomic E-state index is -0.308. The summed E-state index contributed by atoms with van der Waals surface area (Å²) in [4.78, 5) is 15.6. The molecule has 0 aliphatic rings. The van der Waals surface area contributed by atoms with Crippen LogP contribution in [-0.4, -0.2) is 17.1 Å². The number of hydrazone groups is 1. The molecule has 1 heterocycles. The lowest BCUT2D eigenvalue weighted by atomic mass is 10.0. The van der Waals surface area contributed by atoms with Crippen molar-refractivity contribution in [1.29, 1.82) is 0 Å². The molecule has 1 unspecified atom stereocenters. The highest BCUT2D eigenvalue weighted by Crippen LogP contribution is 2.11. The van der Waals surface area contributed by atoms with E-state index < -0.39 is 0 Å². The van der Waals surface area contributed by atoms with E-state index in [1.54, 1.807) is 30.6 Å². The van der Waals surface area contributed by atoms with Gasteiger partial charge in [-0.25, -0.2) is 5.43 Å². The Morgan fingerprint density at radius 2 is 1.95 bits per heavy atom. The predicted molar refractivity (Wildman–Crippen MR) is 75.1 cm³/mol. The van der Waals surface area contributed by atoms with Gasteiger partial charge in [0.1, 0.15) is 5.69 Å². The molecule has 0 saturated carbocycles. The topological polar surface area (TPSA) is 54.4 Å². The summed E-state index contributed by atoms with van der Waals surface area (Å²) in [7, 11) is 0. The molecule has 1 aromatic heterocycles. The van der Waals surface area contributed by atoms with Crippen molar-refractivity contribution < 1.29 is 4.79 Å². The largest absolute Gasteiger partial charge is 0.289 e. The van der Waals surface area contributed by atoms with E-state index in [1.807, 2.05) is 37.3 Å². The normalized spacial score (nSPS) is 12.3. The third kappa shape index (κ3) is 3.74. The molecule has 96 valence electrons. The van der Waals surface area contributed by atoms with Crippen LogP contribution in [0.25, 0.3) is 0 Å². The zero-order valence-electron chi connectivity index (χ0n) is 10.7. The van der Waals surface area contributed by atoms with Crippen LogP contribution in [0, 0.1) is 0 Å². The number of rotatable bonds is 4. The van der Waals surface area contributed by atoms with Crippen LogP contribution in [0.5, 0.6) is 0 Å². The molecular formula is C15H15N3O. The van der Waals surface area contributed by atoms with Crippen molar-refractivity contribution in [3.63, 3.8) is 0 Å². The van der Waals surface area contributed by atoms with Crippen molar-refractivity contribution in [1.82, 2.24) is 10.4 Å². The number of pyridine rings is 1. The van der Waals surface area contributed by atoms with Crippen molar-refractivity contribution >= 4 is 12.1 Å². The second-order valence-corrected chi connectivity index (χ2v) is 4.13. The third-order valence-electron chi connectivity index (χ3n) is 2.69. The zero-order valence-corrected chi connectivity index (χ0v) is 10.7. The summed E-state index contributed by atoms with van der Waals surface area (Å²) < 4.78 is 0. The molecular weight excluding hydrogens is 238 g/mol. The number of hydrogen-bond donors (Lipinski definition) is 1. The lowest BCUT2D eigenvalue weighted by Gasteiger charge is -2.05. The van der Waals surface area contributed by atoms with Crippen molar-refractivity contribution in [2.75, 3.05) is 0 Å². The Morgan fingerprint density at radius 1 is 1.21 bits per heavy atom. The number of amides is 1. The Morgan fingerprint density at radius 3 is 2.63 bits per heavy atom. The average molecular weight is 253 g/mol. The molecule has 1 aromatic carbocycles. The van der Waals surface area contributed by atoms with E-state index in [4.69, 9.17) is 0 Å². The second-order valence-electron chi connectivity index (χ2n) is 4.13. The van der Waals surface area contributed by atoms with Crippen LogP contribution in [0.3, 0.4) is 0 Å². The van der Waals surface area contributed by atoms with Gasteiger partial charge in [-0.05, 0) is 17.7 Å². The van der Waals surface area contributed by atoms with Gasteiger partial charge in [-0.2, -0.15) is 5.10 Å². The van der Waals surface area contributed by atoms with E-state index in [2.05, 4.69) is 15.5 Å². The Bertz CT molecular complexity index is 552. The van der Waals surface area contributed by atoms with Gasteiger partial charge in [0.05, 0.1) is 0 Å². The van der Waals surface area contributed by atoms with E-state index in [1.165, 1.54) is 0 Å². The Kier molecular flexibility index (Phi) is 4.39. The van der Waals surface area contributed by atoms with Gasteiger partial charge < -0.3 is 0 Å². The minimum absolute atomic E-state index is 0.144. The van der Waals surface area contributed by atoms with Crippen LogP contribution in [0.15, 0.2) is 59.8 Å². The van der Waals surface area contributed by atoms with E-state index in [0.29, 0.717) is 5.69 Å². The van der Waals surface area contributed by atoms with Gasteiger partial charge >= 0.3 is 0 Å². The van der Waals surface area contributed by atoms with E-state index in [0.717, 1.165) is 5.56 Å². The zero-order chi connectivity index (χ0) is 13.5. The highest BCUT2D eigenvalue weighted by atomic mass is 16.2. The highest BCUT2D eigenvalue weighted by molar-refractivity contribution is 5.92. The monoisotopic (exact) mass is 253 g/mol. The third-order valence-corrected chi connectivity index (χ3v) is 2.69. The lowest BCUT2D eigenvalue weighted by molar-refractivity contribution is 0.0950. The number of benzene rings is 1. The molecule has 0 fully saturated rings. The molecule has 0 aliphatic carbocycles. The summed E-state index contributed by atoms with van der Waals surface area (Å²) >= 11 is 0. The molecule has 19 heavy (non-hydrogen) atoms. The average Bonchev–Trinajstić information content (AvgIpc) is 2.49. The van der Waals surface area contributed by atoms with Gasteiger partial charge in [0.15, 0.2) is 0 Å². The van der Waals surface area contributed by atoms with Gasteiger partial charge in [0.25, 0.3) is 5.91 Å². The first-order valence-corrected chi connectivity index (χ1v) is 6.07. The van der Waals surface area contributed by atoms with Gasteiger partial charge in [-0.15, -0.1) is 0 Å². The molecule has 1 amide bonds. The van der Waals surface area contributed by atoms with Gasteiger partial charge in [-0.1, -0.05) is 43.3 Å². The lowest BCUT2D eigenvalue weighted by Crippen LogP contribution is -2.19. The Balaban J connectivity index is 1.92. The standard InChI is InChI=1S/C15H15N3O/c1-12(13-7-3-2-4-8-13)11-17-18-15(19)14-9-5-6-10-16-14/h2-12H,1H3,(H,18,19)/b17-11-. The second kappa shape index (κ2) is 6.44. The minimum Gasteiger partial charge on any atom is -0.266 e.